The predicted molar refractivity (Wildman–Crippen MR) is 94.9 cm³/mol. The third kappa shape index (κ3) is 5.00. The Labute approximate surface area is 144 Å². The van der Waals surface area contributed by atoms with Crippen LogP contribution in [-0.2, 0) is 4.74 Å². The van der Waals surface area contributed by atoms with Crippen molar-refractivity contribution in [3.05, 3.63) is 17.1 Å². The average molecular weight is 334 g/mol. The van der Waals surface area contributed by atoms with Gasteiger partial charge in [0.15, 0.2) is 10.7 Å². The van der Waals surface area contributed by atoms with Gasteiger partial charge in [-0.15, -0.1) is 0 Å². The monoisotopic (exact) mass is 334 g/mol. The molecule has 1 fully saturated rings. The number of benzene rings is 1. The number of morpholine rings is 1. The summed E-state index contributed by atoms with van der Waals surface area (Å²) in [5.74, 6) is 2.09. The molecule has 1 aliphatic rings. The van der Waals surface area contributed by atoms with Crippen molar-refractivity contribution in [1.82, 2.24) is 0 Å². The average Bonchev–Trinajstić information content (AvgIpc) is 2.58. The fourth-order valence-electron chi connectivity index (χ4n) is 2.41. The van der Waals surface area contributed by atoms with E-state index in [0.29, 0.717) is 49.7 Å². The first-order valence-corrected chi connectivity index (χ1v) is 8.62. The van der Waals surface area contributed by atoms with Crippen molar-refractivity contribution < 1.29 is 14.2 Å². The number of anilines is 1. The number of hydrogen-bond donors (Lipinski definition) is 0. The Balaban J connectivity index is 2.33. The summed E-state index contributed by atoms with van der Waals surface area (Å²) >= 11 is 0. The van der Waals surface area contributed by atoms with Crippen LogP contribution in [-0.4, -0.2) is 39.5 Å². The van der Waals surface area contributed by atoms with E-state index >= 15 is 0 Å². The molecule has 0 amide bonds. The molecule has 0 saturated carbocycles. The molecule has 0 bridgehead atoms. The molecule has 6 nitrogen and oxygen atoms in total. The molecule has 24 heavy (non-hydrogen) atoms. The molecule has 0 unspecified atom stereocenters. The lowest BCUT2D eigenvalue weighted by Gasteiger charge is -2.30. The minimum absolute atomic E-state index is 0.389. The van der Waals surface area contributed by atoms with Crippen molar-refractivity contribution in [2.24, 2.45) is 11.8 Å². The lowest BCUT2D eigenvalue weighted by molar-refractivity contribution is 0.122. The van der Waals surface area contributed by atoms with E-state index in [0.717, 1.165) is 24.5 Å². The number of nitrogens with zero attached hydrogens (tertiary/aromatic N) is 3. The molecular formula is C18H28N3O3+. The Bertz CT molecular complexity index is 576. The lowest BCUT2D eigenvalue weighted by atomic mass is 10.2. The SMILES string of the molecule is CC(C)COc1cc(N2CCOCC2)c(OCC(C)C)cc1[N+]#N. The van der Waals surface area contributed by atoms with Crippen LogP contribution in [0.2, 0.25) is 0 Å². The second kappa shape index (κ2) is 8.74. The molecule has 0 atom stereocenters. The fourth-order valence-corrected chi connectivity index (χ4v) is 2.41. The van der Waals surface area contributed by atoms with Crippen LogP contribution >= 0.6 is 0 Å². The highest BCUT2D eigenvalue weighted by atomic mass is 16.5. The van der Waals surface area contributed by atoms with Crippen molar-refractivity contribution in [3.8, 4) is 11.5 Å². The van der Waals surface area contributed by atoms with Crippen LogP contribution in [0.25, 0.3) is 4.98 Å². The van der Waals surface area contributed by atoms with Gasteiger partial charge in [-0.05, 0) is 11.8 Å². The van der Waals surface area contributed by atoms with Gasteiger partial charge in [0.1, 0.15) is 0 Å². The fraction of sp³-hybridized carbons (Fsp3) is 0.667. The normalized spacial score (nSPS) is 14.8. The predicted octanol–water partition coefficient (Wildman–Crippen LogP) is 4.08. The Morgan fingerprint density at radius 3 is 2.17 bits per heavy atom. The Morgan fingerprint density at radius 2 is 1.62 bits per heavy atom. The summed E-state index contributed by atoms with van der Waals surface area (Å²) < 4.78 is 17.2. The molecule has 2 rings (SSSR count). The summed E-state index contributed by atoms with van der Waals surface area (Å²) in [5.41, 5.74) is 1.36. The van der Waals surface area contributed by atoms with Gasteiger partial charge in [0.2, 0.25) is 11.1 Å². The second-order valence-electron chi connectivity index (χ2n) is 6.90. The minimum atomic E-state index is 0.389. The Hall–Kier alpha value is -2.00. The topological polar surface area (TPSA) is 59.1 Å². The van der Waals surface area contributed by atoms with Gasteiger partial charge < -0.3 is 19.1 Å². The van der Waals surface area contributed by atoms with E-state index < -0.39 is 0 Å². The first kappa shape index (κ1) is 18.3. The Kier molecular flexibility index (Phi) is 6.68. The zero-order chi connectivity index (χ0) is 17.5. The molecule has 1 aromatic carbocycles. The van der Waals surface area contributed by atoms with Gasteiger partial charge >= 0.3 is 5.69 Å². The minimum Gasteiger partial charge on any atom is -0.491 e. The van der Waals surface area contributed by atoms with Crippen LogP contribution in [0.4, 0.5) is 11.4 Å². The molecule has 1 saturated heterocycles. The summed E-state index contributed by atoms with van der Waals surface area (Å²) in [6.45, 7) is 12.5. The van der Waals surface area contributed by atoms with E-state index in [1.54, 1.807) is 6.07 Å². The molecule has 132 valence electrons. The van der Waals surface area contributed by atoms with Crippen molar-refractivity contribution in [1.29, 1.82) is 5.39 Å². The van der Waals surface area contributed by atoms with E-state index in [1.807, 2.05) is 6.07 Å². The van der Waals surface area contributed by atoms with Gasteiger partial charge in [-0.1, -0.05) is 27.7 Å². The molecule has 0 spiro atoms. The molecule has 6 heteroatoms. The number of ether oxygens (including phenoxy) is 3. The molecule has 1 aliphatic heterocycles. The maximum atomic E-state index is 9.34. The number of hydrogen-bond acceptors (Lipinski definition) is 5. The van der Waals surface area contributed by atoms with Crippen molar-refractivity contribution in [3.63, 3.8) is 0 Å². The van der Waals surface area contributed by atoms with E-state index in [1.165, 1.54) is 0 Å². The zero-order valence-corrected chi connectivity index (χ0v) is 15.1. The molecule has 0 N–H and O–H groups in total. The molecule has 0 aromatic heterocycles. The van der Waals surface area contributed by atoms with Crippen molar-refractivity contribution >= 4 is 11.4 Å². The van der Waals surface area contributed by atoms with Crippen LogP contribution in [0.15, 0.2) is 12.1 Å². The van der Waals surface area contributed by atoms with Gasteiger partial charge in [0.05, 0.1) is 38.2 Å². The van der Waals surface area contributed by atoms with Gasteiger partial charge in [0, 0.05) is 19.2 Å². The van der Waals surface area contributed by atoms with Crippen LogP contribution in [0.1, 0.15) is 27.7 Å². The van der Waals surface area contributed by atoms with Gasteiger partial charge in [0.25, 0.3) is 0 Å². The summed E-state index contributed by atoms with van der Waals surface area (Å²) in [6, 6.07) is 3.67. The smallest absolute Gasteiger partial charge is 0.430 e. The first-order chi connectivity index (χ1) is 11.5. The van der Waals surface area contributed by atoms with Gasteiger partial charge in [-0.3, -0.25) is 0 Å². The van der Waals surface area contributed by atoms with E-state index in [-0.39, 0.29) is 0 Å². The molecular weight excluding hydrogens is 306 g/mol. The maximum absolute atomic E-state index is 9.34. The van der Waals surface area contributed by atoms with Gasteiger partial charge in [-0.25, -0.2) is 0 Å². The van der Waals surface area contributed by atoms with Crippen molar-refractivity contribution in [2.45, 2.75) is 27.7 Å². The van der Waals surface area contributed by atoms with Crippen LogP contribution in [0, 0.1) is 17.2 Å². The Morgan fingerprint density at radius 1 is 1.04 bits per heavy atom. The van der Waals surface area contributed by atoms with Crippen LogP contribution in [0.3, 0.4) is 0 Å². The van der Waals surface area contributed by atoms with E-state index in [4.69, 9.17) is 14.2 Å². The number of diazo groups is 1. The quantitative estimate of drug-likeness (QED) is 0.703. The third-order valence-corrected chi connectivity index (χ3v) is 3.64. The number of rotatable bonds is 7. The lowest BCUT2D eigenvalue weighted by Crippen LogP contribution is -2.36. The summed E-state index contributed by atoms with van der Waals surface area (Å²) in [4.78, 5) is 5.60. The second-order valence-corrected chi connectivity index (χ2v) is 6.90. The molecule has 1 aromatic rings. The zero-order valence-electron chi connectivity index (χ0n) is 15.1. The third-order valence-electron chi connectivity index (χ3n) is 3.64. The molecule has 0 radical (unpaired) electrons. The van der Waals surface area contributed by atoms with E-state index in [9.17, 15) is 5.39 Å². The maximum Gasteiger partial charge on any atom is 0.430 e. The highest BCUT2D eigenvalue weighted by Gasteiger charge is 2.25. The van der Waals surface area contributed by atoms with Gasteiger partial charge in [-0.2, -0.15) is 0 Å². The molecule has 0 aliphatic carbocycles. The first-order valence-electron chi connectivity index (χ1n) is 8.62. The summed E-state index contributed by atoms with van der Waals surface area (Å²) in [5, 5.41) is 9.34. The van der Waals surface area contributed by atoms with Crippen LogP contribution in [0.5, 0.6) is 11.5 Å². The van der Waals surface area contributed by atoms with Crippen molar-refractivity contribution in [2.75, 3.05) is 44.4 Å². The van der Waals surface area contributed by atoms with Crippen LogP contribution < -0.4 is 14.4 Å². The molecule has 1 heterocycles. The largest absolute Gasteiger partial charge is 0.491 e. The van der Waals surface area contributed by atoms with E-state index in [2.05, 4.69) is 37.6 Å². The summed E-state index contributed by atoms with van der Waals surface area (Å²) in [6.07, 6.45) is 0. The highest BCUT2D eigenvalue weighted by molar-refractivity contribution is 5.72. The highest BCUT2D eigenvalue weighted by Crippen LogP contribution is 2.41. The summed E-state index contributed by atoms with van der Waals surface area (Å²) in [7, 11) is 0. The standard InChI is InChI=1S/C18H28N3O3/c1-13(2)11-23-17-10-16(21-5-7-22-8-6-21)18(9-15(17)20-19)24-12-14(3)4/h9-10,13-14H,5-8,11-12H2,1-4H3/q+1.